The Morgan fingerprint density at radius 2 is 2.00 bits per heavy atom. The quantitative estimate of drug-likeness (QED) is 0.599. The van der Waals surface area contributed by atoms with E-state index in [9.17, 15) is 14.0 Å². The minimum absolute atomic E-state index is 0.247. The average Bonchev–Trinajstić information content (AvgIpc) is 2.96. The summed E-state index contributed by atoms with van der Waals surface area (Å²) in [5.74, 6) is -0.794. The predicted octanol–water partition coefficient (Wildman–Crippen LogP) is 3.61. The van der Waals surface area contributed by atoms with E-state index in [2.05, 4.69) is 10.3 Å². The number of imidazole rings is 1. The van der Waals surface area contributed by atoms with Gasteiger partial charge >= 0.3 is 0 Å². The van der Waals surface area contributed by atoms with E-state index in [0.717, 1.165) is 11.3 Å². The van der Waals surface area contributed by atoms with Crippen molar-refractivity contribution in [3.63, 3.8) is 0 Å². The monoisotopic (exact) mass is 353 g/mol. The Hall–Kier alpha value is -3.06. The number of halogens is 1. The molecule has 2 heterocycles. The molecule has 124 valence electrons. The van der Waals surface area contributed by atoms with Gasteiger partial charge in [0.05, 0.1) is 11.0 Å². The number of anilines is 1. The lowest BCUT2D eigenvalue weighted by atomic mass is 10.2. The molecule has 0 fully saturated rings. The summed E-state index contributed by atoms with van der Waals surface area (Å²) in [7, 11) is 0. The third-order valence-corrected chi connectivity index (χ3v) is 4.85. The molecule has 0 aliphatic rings. The zero-order chi connectivity index (χ0) is 17.6. The number of nitrogens with zero attached hydrogens (tertiary/aromatic N) is 2. The summed E-state index contributed by atoms with van der Waals surface area (Å²) >= 11 is 1.13. The van der Waals surface area contributed by atoms with Crippen molar-refractivity contribution < 1.29 is 9.18 Å². The third-order valence-electron chi connectivity index (χ3n) is 3.87. The molecule has 0 spiro atoms. The van der Waals surface area contributed by atoms with Gasteiger partial charge in [-0.15, -0.1) is 0 Å². The summed E-state index contributed by atoms with van der Waals surface area (Å²) in [6.07, 6.45) is 0. The Morgan fingerprint density at radius 1 is 1.20 bits per heavy atom. The summed E-state index contributed by atoms with van der Waals surface area (Å²) < 4.78 is 14.7. The molecule has 0 radical (unpaired) electrons. The zero-order valence-corrected chi connectivity index (χ0v) is 13.9. The Morgan fingerprint density at radius 3 is 2.80 bits per heavy atom. The fourth-order valence-electron chi connectivity index (χ4n) is 2.65. The molecule has 4 rings (SSSR count). The van der Waals surface area contributed by atoms with Gasteiger partial charge in [-0.05, 0) is 42.8 Å². The summed E-state index contributed by atoms with van der Waals surface area (Å²) in [4.78, 5) is 30.0. The number of rotatable bonds is 2. The van der Waals surface area contributed by atoms with Crippen LogP contribution in [0.5, 0.6) is 0 Å². The van der Waals surface area contributed by atoms with Crippen LogP contribution in [0.1, 0.15) is 15.2 Å². The zero-order valence-electron chi connectivity index (χ0n) is 13.1. The summed E-state index contributed by atoms with van der Waals surface area (Å²) in [6, 6.07) is 12.7. The second kappa shape index (κ2) is 5.78. The first-order valence-electron chi connectivity index (χ1n) is 7.52. The number of para-hydroxylation sites is 2. The van der Waals surface area contributed by atoms with Crippen molar-refractivity contribution in [3.05, 3.63) is 75.1 Å². The molecule has 0 aliphatic heterocycles. The van der Waals surface area contributed by atoms with Crippen LogP contribution in [-0.4, -0.2) is 15.3 Å². The smallest absolute Gasteiger partial charge is 0.266 e. The summed E-state index contributed by atoms with van der Waals surface area (Å²) in [5, 5.41) is 2.71. The number of amides is 1. The van der Waals surface area contributed by atoms with Crippen LogP contribution in [-0.2, 0) is 0 Å². The van der Waals surface area contributed by atoms with E-state index in [4.69, 9.17) is 0 Å². The van der Waals surface area contributed by atoms with Crippen LogP contribution in [0.4, 0.5) is 10.1 Å². The molecule has 0 saturated carbocycles. The van der Waals surface area contributed by atoms with E-state index in [0.29, 0.717) is 27.2 Å². The van der Waals surface area contributed by atoms with Gasteiger partial charge in [-0.25, -0.2) is 9.37 Å². The molecule has 4 aromatic rings. The third kappa shape index (κ3) is 2.68. The molecule has 0 unspecified atom stereocenters. The Labute approximate surface area is 145 Å². The predicted molar refractivity (Wildman–Crippen MR) is 95.9 cm³/mol. The molecule has 2 aromatic heterocycles. The lowest BCUT2D eigenvalue weighted by molar-refractivity contribution is 0.103. The van der Waals surface area contributed by atoms with E-state index in [-0.39, 0.29) is 16.3 Å². The van der Waals surface area contributed by atoms with Gasteiger partial charge in [0, 0.05) is 11.8 Å². The second-order valence-corrected chi connectivity index (χ2v) is 6.59. The summed E-state index contributed by atoms with van der Waals surface area (Å²) in [5.41, 5.74) is 2.19. The van der Waals surface area contributed by atoms with Crippen molar-refractivity contribution >= 4 is 38.9 Å². The van der Waals surface area contributed by atoms with Gasteiger partial charge in [0.25, 0.3) is 11.5 Å². The van der Waals surface area contributed by atoms with Crippen LogP contribution in [0.2, 0.25) is 0 Å². The van der Waals surface area contributed by atoms with E-state index in [1.54, 1.807) is 6.92 Å². The minimum atomic E-state index is -0.425. The molecule has 0 bridgehead atoms. The lowest BCUT2D eigenvalue weighted by Gasteiger charge is -2.08. The van der Waals surface area contributed by atoms with Gasteiger partial charge in [0.15, 0.2) is 4.96 Å². The number of aryl methyl sites for hydroxylation is 1. The van der Waals surface area contributed by atoms with Gasteiger partial charge in [-0.3, -0.25) is 14.0 Å². The molecule has 25 heavy (non-hydrogen) atoms. The van der Waals surface area contributed by atoms with Crippen molar-refractivity contribution in [1.82, 2.24) is 9.38 Å². The SMILES string of the molecule is Cc1cc(F)ccc1NC(=O)c1cc(=O)n2c(nc3ccccc32)s1. The highest BCUT2D eigenvalue weighted by molar-refractivity contribution is 7.18. The molecule has 5 nitrogen and oxygen atoms in total. The number of benzene rings is 2. The Kier molecular flexibility index (Phi) is 3.58. The van der Waals surface area contributed by atoms with E-state index < -0.39 is 5.91 Å². The van der Waals surface area contributed by atoms with E-state index >= 15 is 0 Å². The molecule has 1 N–H and O–H groups in total. The average molecular weight is 353 g/mol. The maximum atomic E-state index is 13.2. The lowest BCUT2D eigenvalue weighted by Crippen LogP contribution is -2.17. The maximum absolute atomic E-state index is 13.2. The van der Waals surface area contributed by atoms with Gasteiger partial charge in [0.1, 0.15) is 10.7 Å². The Bertz CT molecular complexity index is 1200. The largest absolute Gasteiger partial charge is 0.321 e. The van der Waals surface area contributed by atoms with Crippen molar-refractivity contribution in [2.75, 3.05) is 5.32 Å². The highest BCUT2D eigenvalue weighted by Crippen LogP contribution is 2.21. The van der Waals surface area contributed by atoms with Gasteiger partial charge in [0.2, 0.25) is 0 Å². The molecule has 2 aromatic carbocycles. The van der Waals surface area contributed by atoms with Crippen LogP contribution in [0.3, 0.4) is 0 Å². The molecule has 0 saturated heterocycles. The number of hydrogen-bond acceptors (Lipinski definition) is 4. The van der Waals surface area contributed by atoms with Gasteiger partial charge in [-0.2, -0.15) is 0 Å². The maximum Gasteiger partial charge on any atom is 0.266 e. The Balaban J connectivity index is 1.77. The second-order valence-electron chi connectivity index (χ2n) is 5.58. The number of carbonyl (C=O) groups is 1. The fraction of sp³-hybridized carbons (Fsp3) is 0.0556. The number of hydrogen-bond donors (Lipinski definition) is 1. The van der Waals surface area contributed by atoms with Crippen LogP contribution in [0.25, 0.3) is 16.0 Å². The first-order valence-corrected chi connectivity index (χ1v) is 8.33. The van der Waals surface area contributed by atoms with Crippen molar-refractivity contribution in [2.45, 2.75) is 6.92 Å². The highest BCUT2D eigenvalue weighted by atomic mass is 32.1. The normalized spacial score (nSPS) is 11.1. The summed E-state index contributed by atoms with van der Waals surface area (Å²) in [6.45, 7) is 1.70. The molecule has 0 atom stereocenters. The molecule has 1 amide bonds. The van der Waals surface area contributed by atoms with Gasteiger partial charge in [-0.1, -0.05) is 23.5 Å². The fourth-order valence-corrected chi connectivity index (χ4v) is 3.58. The number of carbonyl (C=O) groups excluding carboxylic acids is 1. The molecule has 0 aliphatic carbocycles. The van der Waals surface area contributed by atoms with Crippen molar-refractivity contribution in [1.29, 1.82) is 0 Å². The minimum Gasteiger partial charge on any atom is -0.321 e. The molecular formula is C18H12FN3O2S. The van der Waals surface area contributed by atoms with Crippen LogP contribution in [0.15, 0.2) is 53.3 Å². The first kappa shape index (κ1) is 15.5. The van der Waals surface area contributed by atoms with Crippen molar-refractivity contribution in [3.8, 4) is 0 Å². The molecule has 7 heteroatoms. The number of nitrogens with one attached hydrogen (secondary N) is 1. The van der Waals surface area contributed by atoms with Crippen LogP contribution >= 0.6 is 11.3 Å². The topological polar surface area (TPSA) is 63.5 Å². The van der Waals surface area contributed by atoms with E-state index in [1.807, 2.05) is 24.3 Å². The van der Waals surface area contributed by atoms with Crippen LogP contribution < -0.4 is 10.9 Å². The number of aromatic nitrogens is 2. The number of fused-ring (bicyclic) bond motifs is 3. The van der Waals surface area contributed by atoms with Gasteiger partial charge < -0.3 is 5.32 Å². The first-order chi connectivity index (χ1) is 12.0. The standard InChI is InChI=1S/C18H12FN3O2S/c1-10-8-11(19)6-7-12(10)20-17(24)15-9-16(23)22-14-5-3-2-4-13(14)21-18(22)25-15/h2-9H,1H3,(H,20,24). The van der Waals surface area contributed by atoms with Crippen molar-refractivity contribution in [2.24, 2.45) is 0 Å². The van der Waals surface area contributed by atoms with E-state index in [1.165, 1.54) is 28.7 Å². The molecular weight excluding hydrogens is 341 g/mol. The van der Waals surface area contributed by atoms with Crippen LogP contribution in [0, 0.1) is 12.7 Å². The highest BCUT2D eigenvalue weighted by Gasteiger charge is 2.14.